The van der Waals surface area contributed by atoms with Gasteiger partial charge in [-0.05, 0) is 0 Å². The van der Waals surface area contributed by atoms with Crippen LogP contribution in [0, 0.1) is 0 Å². The van der Waals surface area contributed by atoms with E-state index in [2.05, 4.69) is 0 Å². The molecule has 0 unspecified atom stereocenters. The summed E-state index contributed by atoms with van der Waals surface area (Å²) < 4.78 is 0. The van der Waals surface area contributed by atoms with E-state index in [9.17, 15) is 0 Å². The van der Waals surface area contributed by atoms with E-state index in [1.807, 2.05) is 0 Å². The first kappa shape index (κ1) is 10.0. The van der Waals surface area contributed by atoms with E-state index in [0.717, 1.165) is 0 Å². The zero-order valence-electron chi connectivity index (χ0n) is 1.71. The summed E-state index contributed by atoms with van der Waals surface area (Å²) in [4.78, 5) is 0. The zero-order valence-corrected chi connectivity index (χ0v) is 5.13. The summed E-state index contributed by atoms with van der Waals surface area (Å²) in [5, 5.41) is 0. The molecule has 0 atom stereocenters. The fourth-order valence-electron chi connectivity index (χ4n) is 0. The summed E-state index contributed by atoms with van der Waals surface area (Å²) in [5.74, 6) is 0. The van der Waals surface area contributed by atoms with Gasteiger partial charge in [-0.15, -0.1) is 0 Å². The molecular formula is H4AlCl3Ge. The predicted octanol–water partition coefficient (Wildman–Crippen LogP) is 0.236. The fraction of sp³-hybridized carbons (Fsp3) is 0. The molecule has 0 saturated heterocycles. The molecule has 0 aromatic rings. The van der Waals surface area contributed by atoms with Gasteiger partial charge in [-0.3, -0.25) is 0 Å². The summed E-state index contributed by atoms with van der Waals surface area (Å²) in [6, 6.07) is 0. The Hall–Kier alpha value is 1.95. The molecule has 0 radical (unpaired) electrons. The van der Waals surface area contributed by atoms with E-state index in [1.54, 1.807) is 0 Å². The van der Waals surface area contributed by atoms with Crippen LogP contribution in [0.5, 0.6) is 0 Å². The molecule has 0 aromatic heterocycles. The zero-order chi connectivity index (χ0) is 3.58. The Kier molecular flexibility index (Phi) is 11.9. The Morgan fingerprint density at radius 2 is 1.00 bits per heavy atom. The average molecular weight is 210 g/mol. The van der Waals surface area contributed by atoms with E-state index in [0.29, 0.717) is 0 Å². The number of hydrogen-bond acceptors (Lipinski definition) is 0. The summed E-state index contributed by atoms with van der Waals surface area (Å²) >= 11 is -1.72. The third-order valence-corrected chi connectivity index (χ3v) is 0. The first-order valence-corrected chi connectivity index (χ1v) is 5.89. The third-order valence-electron chi connectivity index (χ3n) is 0. The molecule has 5 heavy (non-hydrogen) atoms. The van der Waals surface area contributed by atoms with Crippen molar-refractivity contribution in [1.82, 2.24) is 0 Å². The second kappa shape index (κ2) is 5.95. The first-order valence-electron chi connectivity index (χ1n) is 0.655. The summed E-state index contributed by atoms with van der Waals surface area (Å²) in [5.41, 5.74) is 0. The van der Waals surface area contributed by atoms with Crippen LogP contribution in [0.3, 0.4) is 0 Å². The second-order valence-corrected chi connectivity index (χ2v) is 6.68. The average Bonchev–Trinajstić information content (AvgIpc) is 0.811. The predicted molar refractivity (Wildman–Crippen MR) is 34.6 cm³/mol. The molecule has 0 fully saturated rings. The Morgan fingerprint density at radius 1 is 1.00 bits per heavy atom. The van der Waals surface area contributed by atoms with Crippen molar-refractivity contribution < 1.29 is 0 Å². The molecule has 0 spiro atoms. The van der Waals surface area contributed by atoms with Crippen molar-refractivity contribution in [3.8, 4) is 0 Å². The van der Waals surface area contributed by atoms with Gasteiger partial charge in [0.05, 0.1) is 0 Å². The van der Waals surface area contributed by atoms with Crippen LogP contribution in [0.2, 0.25) is 0 Å². The molecule has 0 heterocycles. The second-order valence-electron chi connectivity index (χ2n) is 0.247. The van der Waals surface area contributed by atoms with Crippen LogP contribution in [0.4, 0.5) is 0 Å². The van der Waals surface area contributed by atoms with E-state index in [4.69, 9.17) is 30.1 Å². The van der Waals surface area contributed by atoms with Crippen LogP contribution in [-0.2, 0) is 0 Å². The van der Waals surface area contributed by atoms with Crippen molar-refractivity contribution in [2.75, 3.05) is 0 Å². The Labute approximate surface area is 58.7 Å². The third kappa shape index (κ3) is 24.5. The standard InChI is InChI=1S/Al.3ClH.GeH4/h;3*1H;1H4/q+3;;;;/p-3. The maximum absolute atomic E-state index is 4.94. The topological polar surface area (TPSA) is 0 Å². The van der Waals surface area contributed by atoms with Gasteiger partial charge in [0, 0.05) is 0 Å². The van der Waals surface area contributed by atoms with Gasteiger partial charge in [0.25, 0.3) is 0 Å². The van der Waals surface area contributed by atoms with Gasteiger partial charge in [-0.1, -0.05) is 0 Å². The molecule has 0 aliphatic carbocycles. The molecular weight excluding hydrogens is 206 g/mol. The Balaban J connectivity index is 0. The minimum absolute atomic E-state index is 0. The van der Waals surface area contributed by atoms with Crippen LogP contribution in [0.1, 0.15) is 0 Å². The molecule has 0 aliphatic heterocycles. The van der Waals surface area contributed by atoms with Crippen molar-refractivity contribution >= 4 is 59.1 Å². The normalized spacial score (nSPS) is 5.40. The quantitative estimate of drug-likeness (QED) is 0.502. The summed E-state index contributed by atoms with van der Waals surface area (Å²) in [7, 11) is 14.8. The van der Waals surface area contributed by atoms with Gasteiger partial charge < -0.3 is 0 Å². The number of halogens is 3. The van der Waals surface area contributed by atoms with Crippen molar-refractivity contribution in [2.45, 2.75) is 0 Å². The minimum atomic E-state index is -1.72. The van der Waals surface area contributed by atoms with E-state index in [1.165, 1.54) is 0 Å². The summed E-state index contributed by atoms with van der Waals surface area (Å²) in [6.45, 7) is 0. The van der Waals surface area contributed by atoms with Crippen molar-refractivity contribution in [3.05, 3.63) is 0 Å². The Morgan fingerprint density at radius 3 is 1.00 bits per heavy atom. The maximum atomic E-state index is 4.94. The van der Waals surface area contributed by atoms with E-state index < -0.39 is 11.4 Å². The summed E-state index contributed by atoms with van der Waals surface area (Å²) in [6.07, 6.45) is 0. The van der Waals surface area contributed by atoms with Gasteiger partial charge in [0.15, 0.2) is 0 Å². The van der Waals surface area contributed by atoms with Crippen LogP contribution < -0.4 is 0 Å². The SMILES string of the molecule is [Cl][Al]([Cl])[Cl].[GeH4]. The molecule has 0 saturated carbocycles. The van der Waals surface area contributed by atoms with E-state index >= 15 is 0 Å². The van der Waals surface area contributed by atoms with Gasteiger partial charge in [-0.25, -0.2) is 30.1 Å². The molecule has 0 N–H and O–H groups in total. The van der Waals surface area contributed by atoms with Crippen LogP contribution in [0.25, 0.3) is 0 Å². The van der Waals surface area contributed by atoms with Crippen molar-refractivity contribution in [2.24, 2.45) is 0 Å². The molecule has 32 valence electrons. The molecule has 0 rings (SSSR count). The van der Waals surface area contributed by atoms with Gasteiger partial charge in [-0.2, -0.15) is 0 Å². The van der Waals surface area contributed by atoms with Gasteiger partial charge in [0.2, 0.25) is 0 Å². The molecule has 0 amide bonds. The van der Waals surface area contributed by atoms with Crippen LogP contribution in [0.15, 0.2) is 0 Å². The van der Waals surface area contributed by atoms with Crippen molar-refractivity contribution in [1.29, 1.82) is 0 Å². The number of rotatable bonds is 0. The molecule has 0 bridgehead atoms. The fourth-order valence-corrected chi connectivity index (χ4v) is 0. The molecule has 0 aliphatic rings. The Bertz CT molecular complexity index is 11.6. The van der Waals surface area contributed by atoms with Crippen LogP contribution in [-0.4, -0.2) is 29.0 Å². The first-order chi connectivity index (χ1) is 1.73. The molecule has 0 aromatic carbocycles. The van der Waals surface area contributed by atoms with Crippen molar-refractivity contribution in [3.63, 3.8) is 0 Å². The molecule has 0 nitrogen and oxygen atoms in total. The number of hydrogen-bond donors (Lipinski definition) is 0. The van der Waals surface area contributed by atoms with Gasteiger partial charge in [0.1, 0.15) is 0 Å². The van der Waals surface area contributed by atoms with Crippen LogP contribution >= 0.6 is 30.1 Å². The van der Waals surface area contributed by atoms with E-state index in [-0.39, 0.29) is 17.6 Å². The monoisotopic (exact) mass is 210 g/mol. The van der Waals surface area contributed by atoms with Gasteiger partial charge >= 0.3 is 29.0 Å². The molecule has 5 heteroatoms.